The number of hydrogen-bond donors (Lipinski definition) is 9. The molecule has 0 saturated carbocycles. The fraction of sp³-hybridized carbons (Fsp3) is 0.125. The van der Waals surface area contributed by atoms with Crippen molar-refractivity contribution in [1.29, 1.82) is 0 Å². The number of nitrogen functional groups attached to an aromatic ring is 2. The second kappa shape index (κ2) is 31.6. The summed E-state index contributed by atoms with van der Waals surface area (Å²) in [6, 6.07) is 25.2. The second-order valence-corrected chi connectivity index (χ2v) is 14.0. The summed E-state index contributed by atoms with van der Waals surface area (Å²) in [5.74, 6) is -3.13. The number of aliphatic imine (C=N–C) groups is 1. The number of fused-ring (bicyclic) bond motifs is 1. The maximum atomic E-state index is 10.8. The first kappa shape index (κ1) is 62.7. The third kappa shape index (κ3) is 22.7. The molecule has 0 fully saturated rings. The molecule has 0 aliphatic carbocycles. The minimum atomic E-state index is -4.58. The molecule has 1 atom stereocenters. The van der Waals surface area contributed by atoms with Crippen LogP contribution in [0.25, 0.3) is 0 Å². The molecule has 5 aromatic carbocycles. The number of aromatic carboxylic acids is 3. The maximum Gasteiger partial charge on any atom is 1.00 e. The third-order valence-corrected chi connectivity index (χ3v) is 8.49. The molecule has 0 amide bonds. The molecule has 1 heterocycles. The molecule has 0 radical (unpaired) electrons. The number of aliphatic hydroxyl groups is 3. The molecular weight excluding hydrogens is 958 g/mol. The summed E-state index contributed by atoms with van der Waals surface area (Å²) < 4.78 is 54.9. The number of carboxylic acid groups (broad SMARTS) is 3. The van der Waals surface area contributed by atoms with E-state index in [1.54, 1.807) is 25.1 Å². The van der Waals surface area contributed by atoms with E-state index in [1.807, 2.05) is 0 Å². The summed E-state index contributed by atoms with van der Waals surface area (Å²) in [4.78, 5) is 66.2. The molecule has 0 aromatic heterocycles. The van der Waals surface area contributed by atoms with Crippen molar-refractivity contribution >= 4 is 79.1 Å². The molecule has 0 spiro atoms. The van der Waals surface area contributed by atoms with Crippen molar-refractivity contribution in [2.45, 2.75) is 18.8 Å². The number of nitro benzene ring substituents is 2. The summed E-state index contributed by atoms with van der Waals surface area (Å²) in [7, 11) is -6.69. The normalized spacial score (nSPS) is 10.6. The zero-order valence-corrected chi connectivity index (χ0v) is 39.3. The summed E-state index contributed by atoms with van der Waals surface area (Å²) in [6.07, 6.45) is 1.18. The smallest absolute Gasteiger partial charge is 1.00 e. The van der Waals surface area contributed by atoms with Crippen LogP contribution in [0.4, 0.5) is 28.4 Å². The molecule has 1 aliphatic rings. The first-order chi connectivity index (χ1) is 31.4. The van der Waals surface area contributed by atoms with Crippen molar-refractivity contribution in [3.05, 3.63) is 168 Å². The Morgan fingerprint density at radius 1 is 0.750 bits per heavy atom. The van der Waals surface area contributed by atoms with Crippen LogP contribution in [0.15, 0.2) is 114 Å². The standard InChI is InChI=1S/C15H10N2O4.C8H8O6S.C8H6O3.C6H7N3O2.C2H6O.CH4O.Na.O3S.H/c18-15(19)10-3-1-9(2-4-10)14-8-11-7-12(17(20)21)5-6-13(11)16-14;9-7(10)5-1-3-6(4-2-5)8(11)15(12,13)14;9-5-6-1-3-7(4-2-6)8(10)11;7-5-2-1-4(9(10)11)3-6(5)8;1-2-3;1-2;;1-4(2)3;/h1-7H,8H2,(H,18,19);1-4,8,11H,(H,9,10)(H,12,13,14);1-5H,(H,10,11);1-3H,7-8H2;3H,2H2,1H3;2H,1H3;;;/q;;;;;;+1;;-1. The molecule has 6 rings (SSSR count). The minimum Gasteiger partial charge on any atom is -1.00 e. The quantitative estimate of drug-likeness (QED) is 0.0247. The van der Waals surface area contributed by atoms with E-state index in [0.717, 1.165) is 53.9 Å². The van der Waals surface area contributed by atoms with Gasteiger partial charge in [0.05, 0.1) is 49.3 Å². The number of hydrogen-bond acceptors (Lipinski definition) is 19. The SMILES string of the molecule is CCO.CO.Nc1ccc([N+](=O)[O-])cc1N.O=C(O)c1ccc(C(O)S(=O)(=O)O)cc1.O=C(O)c1ccc(C2=Nc3ccc([N+](=O)[O-])cc3C2)cc1.O=Cc1ccc(C(=O)O)cc1.O=S(=O)=O.[H-].[Na+]. The largest absolute Gasteiger partial charge is 1.00 e. The summed E-state index contributed by atoms with van der Waals surface area (Å²) in [6.45, 7) is 1.93. The Kier molecular flexibility index (Phi) is 29.1. The van der Waals surface area contributed by atoms with Gasteiger partial charge in [-0.1, -0.05) is 36.4 Å². The van der Waals surface area contributed by atoms with Crippen LogP contribution in [0.3, 0.4) is 0 Å². The number of carbonyl (C=O) groups is 4. The maximum absolute atomic E-state index is 10.8. The molecule has 5 aromatic rings. The first-order valence-electron chi connectivity index (χ1n) is 17.9. The molecule has 1 unspecified atom stereocenters. The topological polar surface area (TPSA) is 446 Å². The Hall–Kier alpha value is -7.34. The predicted octanol–water partition coefficient (Wildman–Crippen LogP) is 0.909. The van der Waals surface area contributed by atoms with E-state index in [2.05, 4.69) is 4.99 Å². The van der Waals surface area contributed by atoms with Gasteiger partial charge in [-0.3, -0.25) is 34.6 Å². The Balaban J connectivity index is -0.000000810. The van der Waals surface area contributed by atoms with E-state index < -0.39 is 53.9 Å². The number of non-ortho nitro benzene ring substituents is 2. The Morgan fingerprint density at radius 2 is 1.13 bits per heavy atom. The van der Waals surface area contributed by atoms with Crippen molar-refractivity contribution in [2.75, 3.05) is 25.2 Å². The van der Waals surface area contributed by atoms with Crippen LogP contribution in [0.5, 0.6) is 0 Å². The van der Waals surface area contributed by atoms with Crippen LogP contribution in [-0.4, -0.2) is 110 Å². The molecular formula is C40H42N5NaO20S2. The number of nitrogens with two attached hydrogens (primary N) is 2. The van der Waals surface area contributed by atoms with Gasteiger partial charge in [0, 0.05) is 50.0 Å². The fourth-order valence-corrected chi connectivity index (χ4v) is 5.12. The summed E-state index contributed by atoms with van der Waals surface area (Å²) in [5.41, 5.74) is 13.1. The van der Waals surface area contributed by atoms with Crippen molar-refractivity contribution < 1.29 is 116 Å². The van der Waals surface area contributed by atoms with E-state index in [-0.39, 0.29) is 76.9 Å². The van der Waals surface area contributed by atoms with Gasteiger partial charge in [0.15, 0.2) is 0 Å². The number of rotatable bonds is 9. The van der Waals surface area contributed by atoms with Gasteiger partial charge in [0.2, 0.25) is 5.44 Å². The van der Waals surface area contributed by atoms with Crippen LogP contribution in [-0.2, 0) is 27.1 Å². The summed E-state index contributed by atoms with van der Waals surface area (Å²) >= 11 is 0. The molecule has 360 valence electrons. The number of anilines is 2. The number of aliphatic hydroxyl groups excluding tert-OH is 3. The van der Waals surface area contributed by atoms with Gasteiger partial charge in [-0.15, -0.1) is 12.6 Å². The fourth-order valence-electron chi connectivity index (χ4n) is 4.62. The van der Waals surface area contributed by atoms with Crippen molar-refractivity contribution in [2.24, 2.45) is 4.99 Å². The molecule has 28 heteroatoms. The van der Waals surface area contributed by atoms with Gasteiger partial charge >= 0.3 is 58.1 Å². The van der Waals surface area contributed by atoms with E-state index in [1.165, 1.54) is 66.7 Å². The van der Waals surface area contributed by atoms with Crippen LogP contribution in [0.2, 0.25) is 0 Å². The van der Waals surface area contributed by atoms with Crippen LogP contribution >= 0.6 is 0 Å². The van der Waals surface area contributed by atoms with E-state index in [9.17, 15) is 47.8 Å². The number of aldehydes is 1. The number of nitro groups is 2. The van der Waals surface area contributed by atoms with E-state index in [0.29, 0.717) is 24.0 Å². The first-order valence-corrected chi connectivity index (χ1v) is 20.4. The number of carboxylic acids is 3. The van der Waals surface area contributed by atoms with Crippen LogP contribution in [0.1, 0.15) is 71.9 Å². The minimum absolute atomic E-state index is 0. The zero-order chi connectivity index (χ0) is 51.6. The molecule has 11 N–H and O–H groups in total. The van der Waals surface area contributed by atoms with E-state index in [4.69, 9.17) is 59.3 Å². The molecule has 0 bridgehead atoms. The van der Waals surface area contributed by atoms with Crippen molar-refractivity contribution in [3.63, 3.8) is 0 Å². The monoisotopic (exact) mass is 999 g/mol. The van der Waals surface area contributed by atoms with Gasteiger partial charge in [-0.2, -0.15) is 8.42 Å². The number of benzene rings is 5. The zero-order valence-electron chi connectivity index (χ0n) is 36.7. The number of nitrogens with zero attached hydrogens (tertiary/aromatic N) is 3. The molecule has 0 saturated heterocycles. The third-order valence-electron chi connectivity index (χ3n) is 7.65. The average molecular weight is 1000 g/mol. The Morgan fingerprint density at radius 3 is 1.50 bits per heavy atom. The van der Waals surface area contributed by atoms with Gasteiger partial charge in [-0.05, 0) is 72.1 Å². The van der Waals surface area contributed by atoms with Crippen molar-refractivity contribution in [1.82, 2.24) is 0 Å². The predicted molar refractivity (Wildman–Crippen MR) is 239 cm³/mol. The second-order valence-electron chi connectivity index (χ2n) is 12.1. The number of carbonyl (C=O) groups excluding carboxylic acids is 1. The van der Waals surface area contributed by atoms with E-state index >= 15 is 0 Å². The van der Waals surface area contributed by atoms with Gasteiger partial charge in [0.25, 0.3) is 21.5 Å². The van der Waals surface area contributed by atoms with Gasteiger partial charge in [0.1, 0.15) is 6.29 Å². The molecule has 68 heavy (non-hydrogen) atoms. The average Bonchev–Trinajstić information content (AvgIpc) is 3.72. The van der Waals surface area contributed by atoms with Gasteiger partial charge < -0.3 is 43.5 Å². The molecule has 25 nitrogen and oxygen atoms in total. The Bertz CT molecular complexity index is 2760. The van der Waals surface area contributed by atoms with Crippen LogP contribution in [0, 0.1) is 20.2 Å². The molecule has 1 aliphatic heterocycles. The Labute approximate surface area is 410 Å². The van der Waals surface area contributed by atoms with Crippen LogP contribution < -0.4 is 41.0 Å². The van der Waals surface area contributed by atoms with Gasteiger partial charge in [-0.25, -0.2) is 14.4 Å². The summed E-state index contributed by atoms with van der Waals surface area (Å²) in [5, 5.41) is 70.5. The van der Waals surface area contributed by atoms with Crippen molar-refractivity contribution in [3.8, 4) is 0 Å².